The van der Waals surface area contributed by atoms with E-state index in [2.05, 4.69) is 26.0 Å². The van der Waals surface area contributed by atoms with Crippen molar-refractivity contribution in [3.63, 3.8) is 0 Å². The molecule has 1 atom stereocenters. The standard InChI is InChI=1S/C27H40O5/c1-19(11-7-13-21(3)26(30)31)9-6-10-20(2)12-8-15-27(5,32)16-14-23-18-24(28)17-22(4)25(23)29/h9,12-13,17-18,28-29,32H,6-8,10-11,14-16H2,1-5H3,(H,30,31)/b19-9+,20-12+,21-13+. The highest BCUT2D eigenvalue weighted by atomic mass is 16.4. The molecule has 0 radical (unpaired) electrons. The molecule has 0 aromatic heterocycles. The fourth-order valence-electron chi connectivity index (χ4n) is 3.54. The third-order valence-corrected chi connectivity index (χ3v) is 5.83. The molecule has 1 aromatic rings. The van der Waals surface area contributed by atoms with Crippen LogP contribution in [-0.4, -0.2) is 32.0 Å². The Kier molecular flexibility index (Phi) is 11.3. The Morgan fingerprint density at radius 1 is 0.938 bits per heavy atom. The topological polar surface area (TPSA) is 98.0 Å². The van der Waals surface area contributed by atoms with Crippen LogP contribution >= 0.6 is 0 Å². The van der Waals surface area contributed by atoms with Gasteiger partial charge in [0.25, 0.3) is 0 Å². The molecular formula is C27H40O5. The Bertz CT molecular complexity index is 859. The van der Waals surface area contributed by atoms with Crippen LogP contribution in [0.4, 0.5) is 0 Å². The van der Waals surface area contributed by atoms with Crippen molar-refractivity contribution in [2.45, 2.75) is 91.6 Å². The van der Waals surface area contributed by atoms with Gasteiger partial charge >= 0.3 is 5.97 Å². The summed E-state index contributed by atoms with van der Waals surface area (Å²) in [6.45, 7) is 9.36. The second-order valence-electron chi connectivity index (χ2n) is 9.18. The van der Waals surface area contributed by atoms with Crippen molar-refractivity contribution in [2.24, 2.45) is 0 Å². The van der Waals surface area contributed by atoms with Gasteiger partial charge < -0.3 is 20.4 Å². The second-order valence-corrected chi connectivity index (χ2v) is 9.18. The number of benzene rings is 1. The van der Waals surface area contributed by atoms with Gasteiger partial charge in [-0.25, -0.2) is 4.79 Å². The molecule has 4 N–H and O–H groups in total. The number of phenolic OH excluding ortho intramolecular Hbond substituents is 2. The number of aliphatic carboxylic acids is 1. The Balaban J connectivity index is 2.41. The molecule has 0 heterocycles. The predicted octanol–water partition coefficient (Wildman–Crippen LogP) is 6.35. The zero-order chi connectivity index (χ0) is 24.3. The minimum atomic E-state index is -0.862. The number of aromatic hydroxyl groups is 2. The first kappa shape index (κ1) is 27.5. The molecule has 0 saturated heterocycles. The third-order valence-electron chi connectivity index (χ3n) is 5.83. The number of rotatable bonds is 13. The maximum atomic E-state index is 10.8. The smallest absolute Gasteiger partial charge is 0.330 e. The van der Waals surface area contributed by atoms with Gasteiger partial charge in [-0.3, -0.25) is 0 Å². The van der Waals surface area contributed by atoms with E-state index in [1.807, 2.05) is 6.92 Å². The number of hydrogen-bond acceptors (Lipinski definition) is 4. The van der Waals surface area contributed by atoms with Gasteiger partial charge in [-0.1, -0.05) is 29.4 Å². The van der Waals surface area contributed by atoms with Gasteiger partial charge in [0.2, 0.25) is 0 Å². The van der Waals surface area contributed by atoms with E-state index in [0.717, 1.165) is 32.1 Å². The van der Waals surface area contributed by atoms with Crippen molar-refractivity contribution in [3.05, 3.63) is 58.2 Å². The second kappa shape index (κ2) is 13.1. The molecule has 1 rings (SSSR count). The van der Waals surface area contributed by atoms with E-state index in [9.17, 15) is 20.1 Å². The van der Waals surface area contributed by atoms with Gasteiger partial charge in [0, 0.05) is 5.57 Å². The van der Waals surface area contributed by atoms with Crippen LogP contribution in [0.1, 0.15) is 83.8 Å². The Morgan fingerprint density at radius 2 is 1.50 bits per heavy atom. The number of hydrogen-bond donors (Lipinski definition) is 4. The molecule has 0 saturated carbocycles. The molecular weight excluding hydrogens is 404 g/mol. The summed E-state index contributed by atoms with van der Waals surface area (Å²) in [6.07, 6.45) is 12.1. The summed E-state index contributed by atoms with van der Waals surface area (Å²) >= 11 is 0. The lowest BCUT2D eigenvalue weighted by Crippen LogP contribution is -2.24. The van der Waals surface area contributed by atoms with Gasteiger partial charge in [-0.05, 0) is 109 Å². The summed E-state index contributed by atoms with van der Waals surface area (Å²) in [4.78, 5) is 10.8. The predicted molar refractivity (Wildman–Crippen MR) is 130 cm³/mol. The normalized spacial score (nSPS) is 15.0. The quantitative estimate of drug-likeness (QED) is 0.161. The number of allylic oxidation sites excluding steroid dienone is 5. The SMILES string of the molecule is C/C(=C\CC/C(C)=C/CCC(C)(O)CCc1cc(O)cc(C)c1O)CC/C=C(\C)C(=O)O. The van der Waals surface area contributed by atoms with E-state index in [1.165, 1.54) is 17.2 Å². The minimum Gasteiger partial charge on any atom is -0.508 e. The van der Waals surface area contributed by atoms with Crippen LogP contribution in [0.2, 0.25) is 0 Å². The first-order chi connectivity index (χ1) is 14.9. The van der Waals surface area contributed by atoms with Crippen LogP contribution in [-0.2, 0) is 11.2 Å². The number of carbonyl (C=O) groups is 1. The molecule has 0 fully saturated rings. The van der Waals surface area contributed by atoms with E-state index in [4.69, 9.17) is 5.11 Å². The summed E-state index contributed by atoms with van der Waals surface area (Å²) < 4.78 is 0. The molecule has 1 aromatic carbocycles. The number of aliphatic hydroxyl groups is 1. The zero-order valence-electron chi connectivity index (χ0n) is 20.2. The molecule has 0 spiro atoms. The third kappa shape index (κ3) is 10.7. The van der Waals surface area contributed by atoms with Gasteiger partial charge in [0.05, 0.1) is 5.60 Å². The van der Waals surface area contributed by atoms with E-state index in [-0.39, 0.29) is 11.5 Å². The molecule has 5 heteroatoms. The van der Waals surface area contributed by atoms with Crippen LogP contribution in [0.25, 0.3) is 0 Å². The largest absolute Gasteiger partial charge is 0.508 e. The summed E-state index contributed by atoms with van der Waals surface area (Å²) in [5, 5.41) is 39.4. The minimum absolute atomic E-state index is 0.129. The van der Waals surface area contributed by atoms with Gasteiger partial charge in [0.1, 0.15) is 11.5 Å². The van der Waals surface area contributed by atoms with Crippen molar-refractivity contribution in [1.82, 2.24) is 0 Å². The van der Waals surface area contributed by atoms with Gasteiger partial charge in [-0.15, -0.1) is 0 Å². The van der Waals surface area contributed by atoms with Crippen LogP contribution in [0, 0.1) is 6.92 Å². The van der Waals surface area contributed by atoms with Gasteiger partial charge in [0.15, 0.2) is 0 Å². The summed E-state index contributed by atoms with van der Waals surface area (Å²) in [5.41, 5.74) is 3.38. The van der Waals surface area contributed by atoms with Crippen molar-refractivity contribution in [2.75, 3.05) is 0 Å². The zero-order valence-corrected chi connectivity index (χ0v) is 20.2. The van der Waals surface area contributed by atoms with Gasteiger partial charge in [-0.2, -0.15) is 0 Å². The molecule has 0 bridgehead atoms. The lowest BCUT2D eigenvalue weighted by atomic mass is 9.91. The summed E-state index contributed by atoms with van der Waals surface area (Å²) in [6, 6.07) is 3.08. The van der Waals surface area contributed by atoms with E-state index in [0.29, 0.717) is 36.0 Å². The fraction of sp³-hybridized carbons (Fsp3) is 0.519. The Hall–Kier alpha value is -2.53. The Morgan fingerprint density at radius 3 is 2.09 bits per heavy atom. The first-order valence-electron chi connectivity index (χ1n) is 11.4. The molecule has 0 amide bonds. The average molecular weight is 445 g/mol. The van der Waals surface area contributed by atoms with Crippen molar-refractivity contribution >= 4 is 5.97 Å². The van der Waals surface area contributed by atoms with Crippen molar-refractivity contribution in [3.8, 4) is 11.5 Å². The average Bonchev–Trinajstić information content (AvgIpc) is 2.69. The molecule has 178 valence electrons. The molecule has 0 aliphatic carbocycles. The lowest BCUT2D eigenvalue weighted by molar-refractivity contribution is -0.132. The number of phenols is 2. The number of carboxylic acids is 1. The van der Waals surface area contributed by atoms with Crippen molar-refractivity contribution < 1.29 is 25.2 Å². The molecule has 1 unspecified atom stereocenters. The van der Waals surface area contributed by atoms with Crippen molar-refractivity contribution in [1.29, 1.82) is 0 Å². The highest BCUT2D eigenvalue weighted by Crippen LogP contribution is 2.30. The molecule has 0 aliphatic heterocycles. The van der Waals surface area contributed by atoms with Crippen LogP contribution in [0.5, 0.6) is 11.5 Å². The van der Waals surface area contributed by atoms with Crippen LogP contribution in [0.3, 0.4) is 0 Å². The first-order valence-corrected chi connectivity index (χ1v) is 11.4. The van der Waals surface area contributed by atoms with E-state index < -0.39 is 11.6 Å². The lowest BCUT2D eigenvalue weighted by Gasteiger charge is -2.23. The van der Waals surface area contributed by atoms with E-state index >= 15 is 0 Å². The Labute approximate surface area is 192 Å². The maximum absolute atomic E-state index is 10.8. The molecule has 32 heavy (non-hydrogen) atoms. The van der Waals surface area contributed by atoms with E-state index in [1.54, 1.807) is 26.0 Å². The summed E-state index contributed by atoms with van der Waals surface area (Å²) in [5.74, 6) is -0.547. The maximum Gasteiger partial charge on any atom is 0.330 e. The summed E-state index contributed by atoms with van der Waals surface area (Å²) in [7, 11) is 0. The highest BCUT2D eigenvalue weighted by molar-refractivity contribution is 5.85. The fourth-order valence-corrected chi connectivity index (χ4v) is 3.54. The number of carboxylic acid groups (broad SMARTS) is 1. The van der Waals surface area contributed by atoms with Crippen LogP contribution < -0.4 is 0 Å². The molecule has 5 nitrogen and oxygen atoms in total. The number of aryl methyl sites for hydroxylation is 2. The monoisotopic (exact) mass is 444 g/mol. The molecule has 0 aliphatic rings. The highest BCUT2D eigenvalue weighted by Gasteiger charge is 2.20. The van der Waals surface area contributed by atoms with Crippen LogP contribution in [0.15, 0.2) is 47.1 Å².